The first-order valence-electron chi connectivity index (χ1n) is 4.74. The summed E-state index contributed by atoms with van der Waals surface area (Å²) in [6.07, 6.45) is 1.50. The van der Waals surface area contributed by atoms with Gasteiger partial charge in [-0.05, 0) is 24.3 Å². The van der Waals surface area contributed by atoms with Crippen LogP contribution in [0.3, 0.4) is 0 Å². The van der Waals surface area contributed by atoms with Crippen molar-refractivity contribution >= 4 is 17.5 Å². The van der Waals surface area contributed by atoms with Crippen LogP contribution in [0, 0.1) is 17.1 Å². The predicted molar refractivity (Wildman–Crippen MR) is 60.8 cm³/mol. The molecule has 0 unspecified atom stereocenters. The van der Waals surface area contributed by atoms with Gasteiger partial charge in [-0.2, -0.15) is 10.2 Å². The molecular weight excluding hydrogens is 221 g/mol. The largest absolute Gasteiger partial charge is 0.368 e. The zero-order valence-electron chi connectivity index (χ0n) is 8.68. The molecule has 0 spiro atoms. The highest BCUT2D eigenvalue weighted by Gasteiger charge is 2.03. The number of nitrogens with one attached hydrogen (secondary N) is 1. The van der Waals surface area contributed by atoms with Crippen molar-refractivity contribution in [2.24, 2.45) is 0 Å². The lowest BCUT2D eigenvalue weighted by Gasteiger charge is -2.06. The Bertz CT molecular complexity index is 591. The van der Waals surface area contributed by atoms with Gasteiger partial charge in [0.15, 0.2) is 0 Å². The second-order valence-corrected chi connectivity index (χ2v) is 3.23. The van der Waals surface area contributed by atoms with Gasteiger partial charge in [0.05, 0.1) is 5.56 Å². The second kappa shape index (κ2) is 4.45. The van der Waals surface area contributed by atoms with Crippen LogP contribution in [0.25, 0.3) is 0 Å². The Kier molecular flexibility index (Phi) is 2.83. The van der Waals surface area contributed by atoms with Gasteiger partial charge >= 0.3 is 0 Å². The van der Waals surface area contributed by atoms with E-state index in [1.165, 1.54) is 24.4 Å². The molecule has 5 nitrogen and oxygen atoms in total. The Morgan fingerprint density at radius 2 is 2.18 bits per heavy atom. The van der Waals surface area contributed by atoms with Crippen molar-refractivity contribution in [1.82, 2.24) is 9.97 Å². The molecule has 3 N–H and O–H groups in total. The number of halogens is 1. The fourth-order valence-electron chi connectivity index (χ4n) is 1.28. The summed E-state index contributed by atoms with van der Waals surface area (Å²) in [5, 5.41) is 11.6. The highest BCUT2D eigenvalue weighted by Crippen LogP contribution is 2.17. The molecule has 1 heterocycles. The van der Waals surface area contributed by atoms with Crippen molar-refractivity contribution in [2.45, 2.75) is 0 Å². The number of nitriles is 1. The van der Waals surface area contributed by atoms with Gasteiger partial charge in [0, 0.05) is 11.9 Å². The third kappa shape index (κ3) is 2.46. The van der Waals surface area contributed by atoms with E-state index in [1.54, 1.807) is 12.1 Å². The molecule has 0 fully saturated rings. The van der Waals surface area contributed by atoms with Crippen LogP contribution in [0.15, 0.2) is 30.5 Å². The third-order valence-corrected chi connectivity index (χ3v) is 2.03. The summed E-state index contributed by atoms with van der Waals surface area (Å²) in [4.78, 5) is 7.67. The minimum Gasteiger partial charge on any atom is -0.368 e. The summed E-state index contributed by atoms with van der Waals surface area (Å²) in [5.41, 5.74) is 5.94. The Labute approximate surface area is 96.7 Å². The number of nitrogen functional groups attached to an aromatic ring is 1. The summed E-state index contributed by atoms with van der Waals surface area (Å²) >= 11 is 0. The molecule has 0 aliphatic rings. The van der Waals surface area contributed by atoms with Gasteiger partial charge in [-0.15, -0.1) is 0 Å². The van der Waals surface area contributed by atoms with Crippen LogP contribution in [0.5, 0.6) is 0 Å². The summed E-state index contributed by atoms with van der Waals surface area (Å²) in [6, 6.07) is 7.50. The first-order valence-corrected chi connectivity index (χ1v) is 4.74. The summed E-state index contributed by atoms with van der Waals surface area (Å²) in [6.45, 7) is 0. The molecule has 17 heavy (non-hydrogen) atoms. The van der Waals surface area contributed by atoms with E-state index in [4.69, 9.17) is 11.0 Å². The summed E-state index contributed by atoms with van der Waals surface area (Å²) < 4.78 is 13.1. The maximum absolute atomic E-state index is 13.1. The average molecular weight is 229 g/mol. The van der Waals surface area contributed by atoms with E-state index in [2.05, 4.69) is 15.3 Å². The SMILES string of the molecule is N#Cc1cc(Nc2ccnc(N)n2)ccc1F. The molecule has 0 bridgehead atoms. The van der Waals surface area contributed by atoms with Crippen LogP contribution >= 0.6 is 0 Å². The maximum Gasteiger partial charge on any atom is 0.221 e. The zero-order valence-corrected chi connectivity index (χ0v) is 8.68. The monoisotopic (exact) mass is 229 g/mol. The van der Waals surface area contributed by atoms with Crippen molar-refractivity contribution in [3.8, 4) is 6.07 Å². The second-order valence-electron chi connectivity index (χ2n) is 3.23. The van der Waals surface area contributed by atoms with Crippen LogP contribution in [-0.2, 0) is 0 Å². The third-order valence-electron chi connectivity index (χ3n) is 2.03. The molecule has 1 aromatic heterocycles. The lowest BCUT2D eigenvalue weighted by molar-refractivity contribution is 0.624. The summed E-state index contributed by atoms with van der Waals surface area (Å²) in [7, 11) is 0. The number of nitrogens with two attached hydrogens (primary N) is 1. The van der Waals surface area contributed by atoms with Crippen LogP contribution in [0.4, 0.5) is 21.8 Å². The van der Waals surface area contributed by atoms with Gasteiger partial charge in [0.1, 0.15) is 17.7 Å². The highest BCUT2D eigenvalue weighted by molar-refractivity contribution is 5.59. The number of benzene rings is 1. The number of hydrogen-bond donors (Lipinski definition) is 2. The van der Waals surface area contributed by atoms with Crippen LogP contribution in [0.1, 0.15) is 5.56 Å². The molecule has 1 aromatic carbocycles. The number of anilines is 3. The van der Waals surface area contributed by atoms with Crippen molar-refractivity contribution < 1.29 is 4.39 Å². The van der Waals surface area contributed by atoms with E-state index in [0.717, 1.165) is 0 Å². The molecule has 2 aromatic rings. The Hall–Kier alpha value is -2.68. The fraction of sp³-hybridized carbons (Fsp3) is 0. The smallest absolute Gasteiger partial charge is 0.221 e. The van der Waals surface area contributed by atoms with E-state index in [9.17, 15) is 4.39 Å². The van der Waals surface area contributed by atoms with E-state index in [-0.39, 0.29) is 11.5 Å². The van der Waals surface area contributed by atoms with Gasteiger partial charge in [-0.3, -0.25) is 0 Å². The molecule has 0 radical (unpaired) electrons. The molecule has 6 heteroatoms. The number of rotatable bonds is 2. The van der Waals surface area contributed by atoms with E-state index < -0.39 is 5.82 Å². The highest BCUT2D eigenvalue weighted by atomic mass is 19.1. The van der Waals surface area contributed by atoms with E-state index in [1.807, 2.05) is 0 Å². The molecule has 0 saturated carbocycles. The van der Waals surface area contributed by atoms with Crippen LogP contribution in [0.2, 0.25) is 0 Å². The minimum absolute atomic E-state index is 0.0305. The lowest BCUT2D eigenvalue weighted by Crippen LogP contribution is -1.99. The average Bonchev–Trinajstić information content (AvgIpc) is 2.32. The Balaban J connectivity index is 2.28. The predicted octanol–water partition coefficient (Wildman–Crippen LogP) is 1.81. The normalized spacial score (nSPS) is 9.65. The number of nitrogens with zero attached hydrogens (tertiary/aromatic N) is 3. The number of aromatic nitrogens is 2. The van der Waals surface area contributed by atoms with Gasteiger partial charge in [-0.25, -0.2) is 9.37 Å². The number of hydrogen-bond acceptors (Lipinski definition) is 5. The lowest BCUT2D eigenvalue weighted by atomic mass is 10.2. The zero-order chi connectivity index (χ0) is 12.3. The maximum atomic E-state index is 13.1. The molecule has 0 aliphatic carbocycles. The van der Waals surface area contributed by atoms with Crippen LogP contribution in [-0.4, -0.2) is 9.97 Å². The summed E-state index contributed by atoms with van der Waals surface area (Å²) in [5.74, 6) is 0.0610. The molecule has 84 valence electrons. The topological polar surface area (TPSA) is 87.6 Å². The molecule has 0 saturated heterocycles. The first-order chi connectivity index (χ1) is 8.19. The van der Waals surface area contributed by atoms with Gasteiger partial charge < -0.3 is 11.1 Å². The van der Waals surface area contributed by atoms with Crippen molar-refractivity contribution in [3.63, 3.8) is 0 Å². The Morgan fingerprint density at radius 1 is 1.35 bits per heavy atom. The molecule has 0 aliphatic heterocycles. The standard InChI is InChI=1S/C11H8FN5/c12-9-2-1-8(5-7(9)6-13)16-10-3-4-15-11(14)17-10/h1-5H,(H3,14,15,16,17). The molecular formula is C11H8FN5. The Morgan fingerprint density at radius 3 is 2.88 bits per heavy atom. The first kappa shape index (κ1) is 10.8. The van der Waals surface area contributed by atoms with Crippen molar-refractivity contribution in [2.75, 3.05) is 11.1 Å². The van der Waals surface area contributed by atoms with E-state index >= 15 is 0 Å². The molecule has 0 atom stereocenters. The minimum atomic E-state index is -0.555. The van der Waals surface area contributed by atoms with Crippen molar-refractivity contribution in [1.29, 1.82) is 5.26 Å². The van der Waals surface area contributed by atoms with E-state index in [0.29, 0.717) is 11.5 Å². The molecule has 2 rings (SSSR count). The van der Waals surface area contributed by atoms with Gasteiger partial charge in [0.2, 0.25) is 5.95 Å². The van der Waals surface area contributed by atoms with Crippen LogP contribution < -0.4 is 11.1 Å². The van der Waals surface area contributed by atoms with Gasteiger partial charge in [0.25, 0.3) is 0 Å². The molecule has 0 amide bonds. The van der Waals surface area contributed by atoms with Crippen molar-refractivity contribution in [3.05, 3.63) is 41.8 Å². The fourth-order valence-corrected chi connectivity index (χ4v) is 1.28. The quantitative estimate of drug-likeness (QED) is 0.819. The van der Waals surface area contributed by atoms with Gasteiger partial charge in [-0.1, -0.05) is 0 Å².